The van der Waals surface area contributed by atoms with Crippen LogP contribution in [-0.2, 0) is 9.59 Å². The maximum absolute atomic E-state index is 11.7. The first kappa shape index (κ1) is 24.4. The van der Waals surface area contributed by atoms with Gasteiger partial charge in [0.05, 0.1) is 6.04 Å². The second kappa shape index (κ2) is 7.78. The molecule has 3 N–H and O–H groups in total. The molecule has 0 saturated heterocycles. The Morgan fingerprint density at radius 3 is 1.17 bits per heavy atom. The lowest BCUT2D eigenvalue weighted by Crippen LogP contribution is -2.47. The number of hydrogen-bond donors (Lipinski definition) is 2. The van der Waals surface area contributed by atoms with Crippen LogP contribution in [0.1, 0.15) is 83.1 Å². The van der Waals surface area contributed by atoms with Crippen molar-refractivity contribution in [1.29, 1.82) is 0 Å². The quantitative estimate of drug-likeness (QED) is 0.766. The molecule has 23 heavy (non-hydrogen) atoms. The first-order valence-corrected chi connectivity index (χ1v) is 8.32. The smallest absolute Gasteiger partial charge is 0.225 e. The molecule has 138 valence electrons. The SMILES string of the molecule is CC(C)(C)C(=O)C(N)C(C)(C)C.CC(C)(C)NC(=O)C(C)(C)C. The topological polar surface area (TPSA) is 72.2 Å². The Labute approximate surface area is 144 Å². The molecule has 0 aromatic heterocycles. The van der Waals surface area contributed by atoms with Crippen LogP contribution in [0.5, 0.6) is 0 Å². The van der Waals surface area contributed by atoms with Gasteiger partial charge in [0.25, 0.3) is 0 Å². The lowest BCUT2D eigenvalue weighted by Gasteiger charge is -2.31. The van der Waals surface area contributed by atoms with Crippen molar-refractivity contribution in [2.45, 2.75) is 94.7 Å². The molecular weight excluding hydrogens is 288 g/mol. The van der Waals surface area contributed by atoms with Gasteiger partial charge >= 0.3 is 0 Å². The molecule has 0 radical (unpaired) electrons. The van der Waals surface area contributed by atoms with E-state index in [0.717, 1.165) is 0 Å². The van der Waals surface area contributed by atoms with Crippen LogP contribution in [-0.4, -0.2) is 23.3 Å². The molecule has 0 heterocycles. The van der Waals surface area contributed by atoms with Crippen molar-refractivity contribution in [3.05, 3.63) is 0 Å². The van der Waals surface area contributed by atoms with E-state index in [4.69, 9.17) is 5.73 Å². The number of rotatable bonds is 1. The minimum absolute atomic E-state index is 0.102. The van der Waals surface area contributed by atoms with Gasteiger partial charge in [-0.15, -0.1) is 0 Å². The largest absolute Gasteiger partial charge is 0.351 e. The van der Waals surface area contributed by atoms with E-state index in [1.54, 1.807) is 0 Å². The van der Waals surface area contributed by atoms with Gasteiger partial charge in [-0.25, -0.2) is 0 Å². The summed E-state index contributed by atoms with van der Waals surface area (Å²) in [5.74, 6) is 0.236. The van der Waals surface area contributed by atoms with Crippen LogP contribution in [0.3, 0.4) is 0 Å². The highest BCUT2D eigenvalue weighted by atomic mass is 16.2. The van der Waals surface area contributed by atoms with Crippen molar-refractivity contribution in [2.24, 2.45) is 22.0 Å². The average Bonchev–Trinajstić information content (AvgIpc) is 2.21. The monoisotopic (exact) mass is 328 g/mol. The molecule has 1 amide bonds. The fraction of sp³-hybridized carbons (Fsp3) is 0.895. The van der Waals surface area contributed by atoms with Crippen LogP contribution in [0.15, 0.2) is 0 Å². The van der Waals surface area contributed by atoms with Gasteiger partial charge in [-0.1, -0.05) is 62.3 Å². The Bertz CT molecular complexity index is 399. The van der Waals surface area contributed by atoms with Gasteiger partial charge in [-0.3, -0.25) is 9.59 Å². The lowest BCUT2D eigenvalue weighted by atomic mass is 9.76. The predicted molar refractivity (Wildman–Crippen MR) is 99.2 cm³/mol. The zero-order valence-electron chi connectivity index (χ0n) is 17.5. The number of carbonyl (C=O) groups excluding carboxylic acids is 2. The Morgan fingerprint density at radius 2 is 1.09 bits per heavy atom. The van der Waals surface area contributed by atoms with Crippen LogP contribution in [0.25, 0.3) is 0 Å². The molecule has 0 spiro atoms. The Balaban J connectivity index is 0. The van der Waals surface area contributed by atoms with Gasteiger partial charge in [0.1, 0.15) is 0 Å². The van der Waals surface area contributed by atoms with Crippen molar-refractivity contribution < 1.29 is 9.59 Å². The van der Waals surface area contributed by atoms with Gasteiger partial charge in [-0.05, 0) is 26.2 Å². The van der Waals surface area contributed by atoms with Crippen molar-refractivity contribution in [1.82, 2.24) is 5.32 Å². The number of ketones is 1. The average molecular weight is 329 g/mol. The van der Waals surface area contributed by atoms with E-state index in [2.05, 4.69) is 5.32 Å². The highest BCUT2D eigenvalue weighted by molar-refractivity contribution is 5.89. The molecule has 0 aliphatic carbocycles. The maximum atomic E-state index is 11.7. The third kappa shape index (κ3) is 11.3. The molecule has 0 fully saturated rings. The summed E-state index contributed by atoms with van der Waals surface area (Å²) < 4.78 is 0. The second-order valence-corrected chi connectivity index (χ2v) is 10.4. The molecule has 0 aromatic rings. The molecule has 0 bridgehead atoms. The minimum atomic E-state index is -0.363. The van der Waals surface area contributed by atoms with E-state index in [1.165, 1.54) is 0 Å². The third-order valence-corrected chi connectivity index (χ3v) is 3.12. The maximum Gasteiger partial charge on any atom is 0.225 e. The number of nitrogens with one attached hydrogen (secondary N) is 1. The molecular formula is C19H40N2O2. The predicted octanol–water partition coefficient (Wildman–Crippen LogP) is 3.92. The normalized spacial score (nSPS) is 14.5. The Morgan fingerprint density at radius 1 is 0.739 bits per heavy atom. The number of carbonyl (C=O) groups is 2. The molecule has 0 aliphatic heterocycles. The van der Waals surface area contributed by atoms with E-state index in [0.29, 0.717) is 0 Å². The zero-order chi connectivity index (χ0) is 19.4. The first-order chi connectivity index (χ1) is 9.69. The Hall–Kier alpha value is -0.900. The summed E-state index contributed by atoms with van der Waals surface area (Å²) in [6.07, 6.45) is 0. The number of nitrogens with two attached hydrogens (primary N) is 1. The summed E-state index contributed by atoms with van der Waals surface area (Å²) in [5, 5.41) is 2.92. The summed E-state index contributed by atoms with van der Waals surface area (Å²) in [6, 6.07) is -0.363. The van der Waals surface area contributed by atoms with Crippen LogP contribution in [0.4, 0.5) is 0 Å². The molecule has 0 aliphatic rings. The Kier molecular flexibility index (Phi) is 8.24. The van der Waals surface area contributed by atoms with Crippen LogP contribution in [0, 0.1) is 16.2 Å². The van der Waals surface area contributed by atoms with Crippen molar-refractivity contribution in [3.8, 4) is 0 Å². The van der Waals surface area contributed by atoms with Gasteiger partial charge in [0, 0.05) is 16.4 Å². The summed E-state index contributed by atoms with van der Waals surface area (Å²) in [5.41, 5.74) is 4.96. The summed E-state index contributed by atoms with van der Waals surface area (Å²) in [6.45, 7) is 23.4. The standard InChI is InChI=1S/C10H21NO.C9H19NO/c1-9(2,3)7(11)8(12)10(4,5)6;1-8(2,3)7(11)10-9(4,5)6/h7H,11H2,1-6H3;1-6H3,(H,10,11). The van der Waals surface area contributed by atoms with E-state index in [-0.39, 0.29) is 39.5 Å². The van der Waals surface area contributed by atoms with Crippen LogP contribution >= 0.6 is 0 Å². The van der Waals surface area contributed by atoms with Crippen LogP contribution in [0.2, 0.25) is 0 Å². The third-order valence-electron chi connectivity index (χ3n) is 3.12. The molecule has 1 atom stereocenters. The second-order valence-electron chi connectivity index (χ2n) is 10.4. The highest BCUT2D eigenvalue weighted by Crippen LogP contribution is 2.25. The molecule has 0 aromatic carbocycles. The van der Waals surface area contributed by atoms with E-state index in [1.807, 2.05) is 83.1 Å². The molecule has 0 rings (SSSR count). The van der Waals surface area contributed by atoms with Crippen LogP contribution < -0.4 is 11.1 Å². The number of Topliss-reactive ketones (excluding diaryl/α,β-unsaturated/α-hetero) is 1. The van der Waals surface area contributed by atoms with Gasteiger partial charge in [0.2, 0.25) is 5.91 Å². The zero-order valence-corrected chi connectivity index (χ0v) is 17.5. The van der Waals surface area contributed by atoms with Crippen molar-refractivity contribution >= 4 is 11.7 Å². The number of amides is 1. The van der Waals surface area contributed by atoms with Gasteiger partial charge in [-0.2, -0.15) is 0 Å². The van der Waals surface area contributed by atoms with Crippen molar-refractivity contribution in [3.63, 3.8) is 0 Å². The van der Waals surface area contributed by atoms with E-state index >= 15 is 0 Å². The fourth-order valence-electron chi connectivity index (χ4n) is 1.39. The van der Waals surface area contributed by atoms with Gasteiger partial charge < -0.3 is 11.1 Å². The first-order valence-electron chi connectivity index (χ1n) is 8.32. The highest BCUT2D eigenvalue weighted by Gasteiger charge is 2.34. The number of hydrogen-bond acceptors (Lipinski definition) is 3. The molecule has 1 unspecified atom stereocenters. The van der Waals surface area contributed by atoms with Gasteiger partial charge in [0.15, 0.2) is 5.78 Å². The minimum Gasteiger partial charge on any atom is -0.351 e. The lowest BCUT2D eigenvalue weighted by molar-refractivity contribution is -0.130. The molecule has 4 heteroatoms. The van der Waals surface area contributed by atoms with E-state index < -0.39 is 0 Å². The summed E-state index contributed by atoms with van der Waals surface area (Å²) >= 11 is 0. The fourth-order valence-corrected chi connectivity index (χ4v) is 1.39. The summed E-state index contributed by atoms with van der Waals surface area (Å²) in [4.78, 5) is 23.1. The molecule has 0 saturated carbocycles. The molecule has 4 nitrogen and oxygen atoms in total. The van der Waals surface area contributed by atoms with E-state index in [9.17, 15) is 9.59 Å². The summed E-state index contributed by atoms with van der Waals surface area (Å²) in [7, 11) is 0. The van der Waals surface area contributed by atoms with Crippen molar-refractivity contribution in [2.75, 3.05) is 0 Å².